The zero-order valence-electron chi connectivity index (χ0n) is 14.8. The third-order valence-corrected chi connectivity index (χ3v) is 4.57. The van der Waals surface area contributed by atoms with Gasteiger partial charge in [-0.2, -0.15) is 0 Å². The average Bonchev–Trinajstić information content (AvgIpc) is 3.22. The number of amides is 2. The smallest absolute Gasteiger partial charge is 0.320 e. The molecule has 27 heavy (non-hydrogen) atoms. The van der Waals surface area contributed by atoms with Crippen LogP contribution < -0.4 is 10.6 Å². The Morgan fingerprint density at radius 1 is 0.963 bits per heavy atom. The molecule has 0 bridgehead atoms. The monoisotopic (exact) mass is 360 g/mol. The number of carbonyl (C=O) groups excluding carboxylic acids is 1. The van der Waals surface area contributed by atoms with Gasteiger partial charge in [-0.1, -0.05) is 18.9 Å². The van der Waals surface area contributed by atoms with Crippen molar-refractivity contribution in [2.75, 3.05) is 5.32 Å². The molecule has 136 valence electrons. The highest BCUT2D eigenvalue weighted by Crippen LogP contribution is 2.28. The quantitative estimate of drug-likeness (QED) is 0.740. The van der Waals surface area contributed by atoms with Crippen molar-refractivity contribution in [3.8, 4) is 22.6 Å². The first kappa shape index (κ1) is 17.1. The first-order valence-electron chi connectivity index (χ1n) is 9.06. The molecule has 0 saturated heterocycles. The van der Waals surface area contributed by atoms with Crippen LogP contribution in [0.1, 0.15) is 25.7 Å². The highest BCUT2D eigenvalue weighted by Gasteiger charge is 2.18. The molecule has 1 aliphatic carbocycles. The summed E-state index contributed by atoms with van der Waals surface area (Å²) in [6.45, 7) is 0. The van der Waals surface area contributed by atoms with Gasteiger partial charge in [0.1, 0.15) is 5.69 Å². The maximum atomic E-state index is 12.3. The van der Waals surface area contributed by atoms with Crippen LogP contribution >= 0.6 is 0 Å². The van der Waals surface area contributed by atoms with Gasteiger partial charge in [0.2, 0.25) is 0 Å². The Labute approximate surface area is 157 Å². The lowest BCUT2D eigenvalue weighted by molar-refractivity contribution is 0.248. The molecule has 0 radical (unpaired) electrons. The second-order valence-corrected chi connectivity index (χ2v) is 6.48. The van der Waals surface area contributed by atoms with Crippen molar-refractivity contribution in [2.45, 2.75) is 31.7 Å². The number of hydrogen-bond donors (Lipinski definition) is 2. The van der Waals surface area contributed by atoms with E-state index in [1.54, 1.807) is 24.8 Å². The van der Waals surface area contributed by atoms with Crippen LogP contribution in [0, 0.1) is 0 Å². The number of aromatic nitrogens is 4. The third-order valence-electron chi connectivity index (χ3n) is 4.57. The molecule has 1 aliphatic rings. The molecule has 0 aromatic carbocycles. The molecule has 2 N–H and O–H groups in total. The molecule has 2 amide bonds. The van der Waals surface area contributed by atoms with Crippen molar-refractivity contribution in [2.24, 2.45) is 0 Å². The van der Waals surface area contributed by atoms with E-state index in [-0.39, 0.29) is 12.1 Å². The summed E-state index contributed by atoms with van der Waals surface area (Å²) in [6.07, 6.45) is 11.1. The van der Waals surface area contributed by atoms with E-state index in [2.05, 4.69) is 30.6 Å². The lowest BCUT2D eigenvalue weighted by atomic mass is 10.1. The summed E-state index contributed by atoms with van der Waals surface area (Å²) in [5.41, 5.74) is 2.88. The molecule has 7 nitrogen and oxygen atoms in total. The summed E-state index contributed by atoms with van der Waals surface area (Å²) < 4.78 is 0. The first-order chi connectivity index (χ1) is 13.3. The van der Waals surface area contributed by atoms with Gasteiger partial charge in [-0.05, 0) is 37.1 Å². The number of carbonyl (C=O) groups is 1. The van der Waals surface area contributed by atoms with Crippen molar-refractivity contribution >= 4 is 11.8 Å². The number of pyridine rings is 2. The summed E-state index contributed by atoms with van der Waals surface area (Å²) >= 11 is 0. The van der Waals surface area contributed by atoms with Gasteiger partial charge in [-0.3, -0.25) is 20.3 Å². The Morgan fingerprint density at radius 2 is 1.78 bits per heavy atom. The maximum Gasteiger partial charge on any atom is 0.320 e. The van der Waals surface area contributed by atoms with E-state index in [9.17, 15) is 4.79 Å². The lowest BCUT2D eigenvalue weighted by Gasteiger charge is -2.14. The number of anilines is 1. The van der Waals surface area contributed by atoms with E-state index in [0.29, 0.717) is 22.9 Å². The van der Waals surface area contributed by atoms with Gasteiger partial charge in [-0.15, -0.1) is 0 Å². The van der Waals surface area contributed by atoms with Gasteiger partial charge >= 0.3 is 6.03 Å². The fourth-order valence-electron chi connectivity index (χ4n) is 3.26. The molecule has 7 heteroatoms. The standard InChI is InChI=1S/C20H20N6O/c27-20(24-15-5-1-2-6-15)26-17-13-23-18(14-8-11-21-12-9-14)19(25-17)16-7-3-4-10-22-16/h3-4,7-13,15H,1-2,5-6H2,(H2,24,25,26,27). The summed E-state index contributed by atoms with van der Waals surface area (Å²) in [5.74, 6) is 0.393. The molecule has 3 heterocycles. The number of rotatable bonds is 4. The molecule has 3 aromatic heterocycles. The van der Waals surface area contributed by atoms with E-state index < -0.39 is 0 Å². The van der Waals surface area contributed by atoms with Crippen LogP contribution in [0.3, 0.4) is 0 Å². The predicted molar refractivity (Wildman–Crippen MR) is 103 cm³/mol. The van der Waals surface area contributed by atoms with Crippen LogP contribution in [0.15, 0.2) is 55.1 Å². The number of urea groups is 1. The number of nitrogens with one attached hydrogen (secondary N) is 2. The van der Waals surface area contributed by atoms with Gasteiger partial charge in [-0.25, -0.2) is 9.78 Å². The summed E-state index contributed by atoms with van der Waals surface area (Å²) in [4.78, 5) is 29.9. The lowest BCUT2D eigenvalue weighted by Crippen LogP contribution is -2.36. The van der Waals surface area contributed by atoms with Crippen LogP contribution in [0.4, 0.5) is 10.6 Å². The normalized spacial score (nSPS) is 14.1. The van der Waals surface area contributed by atoms with E-state index in [4.69, 9.17) is 0 Å². The molecule has 0 atom stereocenters. The summed E-state index contributed by atoms with van der Waals surface area (Å²) in [6, 6.07) is 9.35. The predicted octanol–water partition coefficient (Wildman–Crippen LogP) is 3.66. The van der Waals surface area contributed by atoms with Gasteiger partial charge in [0.25, 0.3) is 0 Å². The Bertz CT molecular complexity index is 910. The second-order valence-electron chi connectivity index (χ2n) is 6.48. The molecule has 1 saturated carbocycles. The van der Waals surface area contributed by atoms with Gasteiger partial charge < -0.3 is 5.32 Å². The third kappa shape index (κ3) is 4.08. The van der Waals surface area contributed by atoms with Crippen molar-refractivity contribution in [3.63, 3.8) is 0 Å². The molecular weight excluding hydrogens is 340 g/mol. The minimum absolute atomic E-state index is 0.240. The molecule has 0 aliphatic heterocycles. The maximum absolute atomic E-state index is 12.3. The largest absolute Gasteiger partial charge is 0.335 e. The van der Waals surface area contributed by atoms with Crippen molar-refractivity contribution in [3.05, 3.63) is 55.1 Å². The van der Waals surface area contributed by atoms with E-state index >= 15 is 0 Å². The Balaban J connectivity index is 1.63. The van der Waals surface area contributed by atoms with Crippen LogP contribution in [0.5, 0.6) is 0 Å². The molecule has 4 rings (SSSR count). The molecule has 3 aromatic rings. The minimum atomic E-state index is -0.250. The Hall–Kier alpha value is -3.35. The highest BCUT2D eigenvalue weighted by molar-refractivity contribution is 5.89. The SMILES string of the molecule is O=C(Nc1cnc(-c2ccncc2)c(-c2ccccn2)n1)NC1CCCC1. The van der Waals surface area contributed by atoms with E-state index in [1.165, 1.54) is 0 Å². The van der Waals surface area contributed by atoms with Crippen molar-refractivity contribution in [1.82, 2.24) is 25.3 Å². The van der Waals surface area contributed by atoms with E-state index in [0.717, 1.165) is 31.2 Å². The van der Waals surface area contributed by atoms with Crippen LogP contribution in [0.25, 0.3) is 22.6 Å². The minimum Gasteiger partial charge on any atom is -0.335 e. The van der Waals surface area contributed by atoms with Crippen LogP contribution in [-0.4, -0.2) is 32.0 Å². The second kappa shape index (κ2) is 7.90. The molecule has 0 spiro atoms. The fourth-order valence-corrected chi connectivity index (χ4v) is 3.26. The van der Waals surface area contributed by atoms with Gasteiger partial charge in [0.15, 0.2) is 5.82 Å². The number of nitrogens with zero attached hydrogens (tertiary/aromatic N) is 4. The first-order valence-corrected chi connectivity index (χ1v) is 9.06. The average molecular weight is 360 g/mol. The Kier molecular flexibility index (Phi) is 5.00. The molecule has 0 unspecified atom stereocenters. The topological polar surface area (TPSA) is 92.7 Å². The van der Waals surface area contributed by atoms with E-state index in [1.807, 2.05) is 30.3 Å². The number of hydrogen-bond acceptors (Lipinski definition) is 5. The van der Waals surface area contributed by atoms with Crippen molar-refractivity contribution in [1.29, 1.82) is 0 Å². The summed E-state index contributed by atoms with van der Waals surface area (Å²) in [5, 5.41) is 5.79. The zero-order valence-corrected chi connectivity index (χ0v) is 14.8. The Morgan fingerprint density at radius 3 is 2.52 bits per heavy atom. The zero-order chi connectivity index (χ0) is 18.5. The fraction of sp³-hybridized carbons (Fsp3) is 0.250. The van der Waals surface area contributed by atoms with Crippen molar-refractivity contribution < 1.29 is 4.79 Å². The highest BCUT2D eigenvalue weighted by atomic mass is 16.2. The van der Waals surface area contributed by atoms with Gasteiger partial charge in [0, 0.05) is 30.2 Å². The van der Waals surface area contributed by atoms with Gasteiger partial charge in [0.05, 0.1) is 17.6 Å². The molecular formula is C20H20N6O. The summed E-state index contributed by atoms with van der Waals surface area (Å²) in [7, 11) is 0. The van der Waals surface area contributed by atoms with Crippen LogP contribution in [-0.2, 0) is 0 Å². The molecule has 1 fully saturated rings. The van der Waals surface area contributed by atoms with Crippen LogP contribution in [0.2, 0.25) is 0 Å².